The van der Waals surface area contributed by atoms with Gasteiger partial charge >= 0.3 is 0 Å². The van der Waals surface area contributed by atoms with E-state index in [0.717, 1.165) is 25.7 Å². The van der Waals surface area contributed by atoms with Crippen LogP contribution in [0.5, 0.6) is 5.75 Å². The molecule has 1 saturated carbocycles. The van der Waals surface area contributed by atoms with E-state index in [1.807, 2.05) is 0 Å². The minimum absolute atomic E-state index is 0.0569. The number of hydrogen-bond donors (Lipinski definition) is 2. The fraction of sp³-hybridized carbons (Fsp3) is 0.467. The van der Waals surface area contributed by atoms with Gasteiger partial charge in [0.05, 0.1) is 12.8 Å². The lowest BCUT2D eigenvalue weighted by Gasteiger charge is -2.13. The molecular formula is C15H20N2O3. The second-order valence-electron chi connectivity index (χ2n) is 5.07. The molecular weight excluding hydrogens is 256 g/mol. The minimum Gasteiger partial charge on any atom is -0.495 e. The highest BCUT2D eigenvalue weighted by molar-refractivity contribution is 5.95. The van der Waals surface area contributed by atoms with Crippen LogP contribution in [0.2, 0.25) is 0 Å². The smallest absolute Gasteiger partial charge is 0.227 e. The topological polar surface area (TPSA) is 67.4 Å². The van der Waals surface area contributed by atoms with E-state index < -0.39 is 0 Å². The summed E-state index contributed by atoms with van der Waals surface area (Å²) in [6.45, 7) is 1.43. The molecule has 0 aromatic heterocycles. The molecule has 0 unspecified atom stereocenters. The van der Waals surface area contributed by atoms with Crippen LogP contribution < -0.4 is 15.4 Å². The van der Waals surface area contributed by atoms with Gasteiger partial charge in [-0.3, -0.25) is 9.59 Å². The second kappa shape index (κ2) is 6.41. The molecule has 0 heterocycles. The van der Waals surface area contributed by atoms with E-state index in [4.69, 9.17) is 4.74 Å². The predicted octanol–water partition coefficient (Wildman–Crippen LogP) is 2.78. The van der Waals surface area contributed by atoms with Gasteiger partial charge in [-0.1, -0.05) is 12.8 Å². The first-order valence-corrected chi connectivity index (χ1v) is 6.86. The fourth-order valence-corrected chi connectivity index (χ4v) is 2.51. The predicted molar refractivity (Wildman–Crippen MR) is 77.9 cm³/mol. The summed E-state index contributed by atoms with van der Waals surface area (Å²) in [4.78, 5) is 23.2. The van der Waals surface area contributed by atoms with E-state index in [-0.39, 0.29) is 17.7 Å². The molecule has 1 aliphatic rings. The number of ether oxygens (including phenoxy) is 1. The number of methoxy groups -OCH3 is 1. The Morgan fingerprint density at radius 3 is 2.50 bits per heavy atom. The second-order valence-corrected chi connectivity index (χ2v) is 5.07. The molecule has 0 aliphatic heterocycles. The van der Waals surface area contributed by atoms with E-state index in [0.29, 0.717) is 17.1 Å². The fourth-order valence-electron chi connectivity index (χ4n) is 2.51. The summed E-state index contributed by atoms with van der Waals surface area (Å²) >= 11 is 0. The zero-order chi connectivity index (χ0) is 14.5. The SMILES string of the molecule is COc1ccc(NC(=O)C2CCCC2)cc1NC(C)=O. The number of benzene rings is 1. The van der Waals surface area contributed by atoms with Gasteiger partial charge in [0.2, 0.25) is 11.8 Å². The zero-order valence-corrected chi connectivity index (χ0v) is 11.9. The highest BCUT2D eigenvalue weighted by Gasteiger charge is 2.22. The first-order chi connectivity index (χ1) is 9.60. The number of carbonyl (C=O) groups excluding carboxylic acids is 2. The molecule has 2 rings (SSSR count). The summed E-state index contributed by atoms with van der Waals surface area (Å²) in [6.07, 6.45) is 4.16. The Hall–Kier alpha value is -2.04. The van der Waals surface area contributed by atoms with Crippen LogP contribution in [0.4, 0.5) is 11.4 Å². The van der Waals surface area contributed by atoms with Gasteiger partial charge < -0.3 is 15.4 Å². The minimum atomic E-state index is -0.178. The lowest BCUT2D eigenvalue weighted by molar-refractivity contribution is -0.119. The molecule has 0 bridgehead atoms. The third-order valence-corrected chi connectivity index (χ3v) is 3.50. The summed E-state index contributed by atoms with van der Waals surface area (Å²) in [5, 5.41) is 5.60. The van der Waals surface area contributed by atoms with Crippen LogP contribution in [0, 0.1) is 5.92 Å². The van der Waals surface area contributed by atoms with Crippen molar-refractivity contribution in [2.45, 2.75) is 32.6 Å². The lowest BCUT2D eigenvalue weighted by atomic mass is 10.1. The Kier molecular flexibility index (Phi) is 4.61. The van der Waals surface area contributed by atoms with Crippen LogP contribution >= 0.6 is 0 Å². The first kappa shape index (κ1) is 14.4. The van der Waals surface area contributed by atoms with Crippen molar-refractivity contribution in [3.63, 3.8) is 0 Å². The van der Waals surface area contributed by atoms with Crippen molar-refractivity contribution in [3.05, 3.63) is 18.2 Å². The highest BCUT2D eigenvalue weighted by Crippen LogP contribution is 2.30. The number of hydrogen-bond acceptors (Lipinski definition) is 3. The van der Waals surface area contributed by atoms with Crippen molar-refractivity contribution in [3.8, 4) is 5.75 Å². The molecule has 1 fully saturated rings. The van der Waals surface area contributed by atoms with Gasteiger partial charge in [-0.2, -0.15) is 0 Å². The largest absolute Gasteiger partial charge is 0.495 e. The van der Waals surface area contributed by atoms with Crippen LogP contribution in [-0.2, 0) is 9.59 Å². The summed E-state index contributed by atoms with van der Waals surface area (Å²) in [7, 11) is 1.54. The van der Waals surface area contributed by atoms with Gasteiger partial charge in [-0.05, 0) is 31.0 Å². The number of carbonyl (C=O) groups is 2. The van der Waals surface area contributed by atoms with Crippen molar-refractivity contribution in [1.29, 1.82) is 0 Å². The van der Waals surface area contributed by atoms with Crippen molar-refractivity contribution >= 4 is 23.2 Å². The summed E-state index contributed by atoms with van der Waals surface area (Å²) in [6, 6.07) is 5.22. The molecule has 0 spiro atoms. The molecule has 0 radical (unpaired) electrons. The molecule has 1 aliphatic carbocycles. The van der Waals surface area contributed by atoms with Gasteiger partial charge in [-0.25, -0.2) is 0 Å². The van der Waals surface area contributed by atoms with Crippen molar-refractivity contribution in [2.24, 2.45) is 5.92 Å². The number of rotatable bonds is 4. The molecule has 0 atom stereocenters. The van der Waals surface area contributed by atoms with E-state index >= 15 is 0 Å². The Bertz CT molecular complexity index is 508. The average molecular weight is 276 g/mol. The Morgan fingerprint density at radius 1 is 1.20 bits per heavy atom. The Balaban J connectivity index is 2.11. The summed E-state index contributed by atoms with van der Waals surface area (Å²) < 4.78 is 5.18. The van der Waals surface area contributed by atoms with Crippen molar-refractivity contribution in [1.82, 2.24) is 0 Å². The van der Waals surface area contributed by atoms with Crippen LogP contribution in [0.25, 0.3) is 0 Å². The molecule has 1 aromatic carbocycles. The van der Waals surface area contributed by atoms with Crippen LogP contribution in [0.1, 0.15) is 32.6 Å². The Morgan fingerprint density at radius 2 is 1.90 bits per heavy atom. The van der Waals surface area contributed by atoms with Gasteiger partial charge in [0.15, 0.2) is 0 Å². The summed E-state index contributed by atoms with van der Waals surface area (Å²) in [5.41, 5.74) is 1.23. The normalized spacial score (nSPS) is 14.9. The number of anilines is 2. The van der Waals surface area contributed by atoms with E-state index in [1.54, 1.807) is 18.2 Å². The summed E-state index contributed by atoms with van der Waals surface area (Å²) in [5.74, 6) is 0.560. The maximum Gasteiger partial charge on any atom is 0.227 e. The number of nitrogens with one attached hydrogen (secondary N) is 2. The molecule has 5 heteroatoms. The molecule has 0 saturated heterocycles. The van der Waals surface area contributed by atoms with Gasteiger partial charge in [0.1, 0.15) is 5.75 Å². The molecule has 108 valence electrons. The van der Waals surface area contributed by atoms with Crippen LogP contribution in [-0.4, -0.2) is 18.9 Å². The molecule has 1 aromatic rings. The molecule has 20 heavy (non-hydrogen) atoms. The van der Waals surface area contributed by atoms with Gasteiger partial charge in [0.25, 0.3) is 0 Å². The standard InChI is InChI=1S/C15H20N2O3/c1-10(18)16-13-9-12(7-8-14(13)20-2)17-15(19)11-5-3-4-6-11/h7-9,11H,3-6H2,1-2H3,(H,16,18)(H,17,19). The quantitative estimate of drug-likeness (QED) is 0.888. The van der Waals surface area contributed by atoms with Crippen LogP contribution in [0.15, 0.2) is 18.2 Å². The third-order valence-electron chi connectivity index (χ3n) is 3.50. The Labute approximate surface area is 118 Å². The average Bonchev–Trinajstić information content (AvgIpc) is 2.92. The van der Waals surface area contributed by atoms with Gasteiger partial charge in [0, 0.05) is 18.5 Å². The van der Waals surface area contributed by atoms with Crippen molar-refractivity contribution < 1.29 is 14.3 Å². The number of amides is 2. The monoisotopic (exact) mass is 276 g/mol. The lowest BCUT2D eigenvalue weighted by Crippen LogP contribution is -2.20. The third kappa shape index (κ3) is 3.50. The first-order valence-electron chi connectivity index (χ1n) is 6.86. The molecule has 2 amide bonds. The van der Waals surface area contributed by atoms with Gasteiger partial charge in [-0.15, -0.1) is 0 Å². The van der Waals surface area contributed by atoms with Crippen molar-refractivity contribution in [2.75, 3.05) is 17.7 Å². The zero-order valence-electron chi connectivity index (χ0n) is 11.9. The van der Waals surface area contributed by atoms with E-state index in [1.165, 1.54) is 14.0 Å². The molecule has 2 N–H and O–H groups in total. The molecule has 5 nitrogen and oxygen atoms in total. The van der Waals surface area contributed by atoms with E-state index in [2.05, 4.69) is 10.6 Å². The van der Waals surface area contributed by atoms with Crippen LogP contribution in [0.3, 0.4) is 0 Å². The van der Waals surface area contributed by atoms with E-state index in [9.17, 15) is 9.59 Å². The maximum absolute atomic E-state index is 12.1. The maximum atomic E-state index is 12.1. The highest BCUT2D eigenvalue weighted by atomic mass is 16.5.